The topological polar surface area (TPSA) is 109 Å². The molecule has 0 heterocycles. The van der Waals surface area contributed by atoms with Crippen LogP contribution in [-0.4, -0.2) is 30.5 Å². The van der Waals surface area contributed by atoms with Crippen LogP contribution >= 0.6 is 11.6 Å². The molecule has 3 rings (SSSR count). The van der Waals surface area contributed by atoms with Gasteiger partial charge in [-0.3, -0.25) is 14.4 Å². The Kier molecular flexibility index (Phi) is 8.09. The third-order valence-corrected chi connectivity index (χ3v) is 4.42. The first-order valence-corrected chi connectivity index (χ1v) is 9.96. The number of hydrazone groups is 1. The van der Waals surface area contributed by atoms with E-state index in [4.69, 9.17) is 16.3 Å². The van der Waals surface area contributed by atoms with Crippen LogP contribution in [0.5, 0.6) is 5.75 Å². The molecule has 0 bridgehead atoms. The van der Waals surface area contributed by atoms with Crippen LogP contribution in [-0.2, 0) is 14.4 Å². The standard InChI is InChI=1S/C23H18ClFN4O4/c24-19-3-1-2-4-20(19)28-22(31)23(32)29-26-13-15-5-11-18(12-6-15)33-14-21(30)27-17-9-7-16(25)8-10-17/h1-13H,14H2,(H,27,30)(H,28,31)(H,29,32)/b26-13-. The van der Waals surface area contributed by atoms with E-state index in [1.807, 2.05) is 0 Å². The summed E-state index contributed by atoms with van der Waals surface area (Å²) >= 11 is 5.93. The molecule has 0 atom stereocenters. The van der Waals surface area contributed by atoms with E-state index < -0.39 is 23.5 Å². The number of halogens is 2. The number of carbonyl (C=O) groups excluding carboxylic acids is 3. The summed E-state index contributed by atoms with van der Waals surface area (Å²) < 4.78 is 18.3. The maximum absolute atomic E-state index is 12.9. The van der Waals surface area contributed by atoms with E-state index in [0.29, 0.717) is 27.7 Å². The predicted molar refractivity (Wildman–Crippen MR) is 123 cm³/mol. The molecular formula is C23H18ClFN4O4. The highest BCUT2D eigenvalue weighted by atomic mass is 35.5. The molecule has 3 N–H and O–H groups in total. The highest BCUT2D eigenvalue weighted by Gasteiger charge is 2.14. The van der Waals surface area contributed by atoms with Crippen molar-refractivity contribution >= 4 is 46.9 Å². The SMILES string of the molecule is O=C(COc1ccc(/C=N\NC(=O)C(=O)Nc2ccccc2Cl)cc1)Nc1ccc(F)cc1. The summed E-state index contributed by atoms with van der Waals surface area (Å²) in [6, 6.07) is 18.4. The van der Waals surface area contributed by atoms with Gasteiger partial charge >= 0.3 is 11.8 Å². The zero-order valence-corrected chi connectivity index (χ0v) is 17.8. The largest absolute Gasteiger partial charge is 0.484 e. The minimum absolute atomic E-state index is 0.235. The average Bonchev–Trinajstić information content (AvgIpc) is 2.81. The van der Waals surface area contributed by atoms with Gasteiger partial charge in [0.1, 0.15) is 11.6 Å². The Balaban J connectivity index is 1.43. The minimum Gasteiger partial charge on any atom is -0.484 e. The summed E-state index contributed by atoms with van der Waals surface area (Å²) in [7, 11) is 0. The number of amides is 3. The lowest BCUT2D eigenvalue weighted by molar-refractivity contribution is -0.136. The highest BCUT2D eigenvalue weighted by molar-refractivity contribution is 6.41. The van der Waals surface area contributed by atoms with Crippen LogP contribution in [0.3, 0.4) is 0 Å². The number of rotatable bonds is 7. The molecule has 0 unspecified atom stereocenters. The van der Waals surface area contributed by atoms with Gasteiger partial charge in [0.05, 0.1) is 16.9 Å². The molecule has 0 fully saturated rings. The number of hydrogen-bond acceptors (Lipinski definition) is 5. The summed E-state index contributed by atoms with van der Waals surface area (Å²) in [6.07, 6.45) is 1.34. The van der Waals surface area contributed by atoms with Crippen molar-refractivity contribution in [3.8, 4) is 5.75 Å². The number of para-hydroxylation sites is 1. The second-order valence-corrected chi connectivity index (χ2v) is 6.95. The van der Waals surface area contributed by atoms with Gasteiger partial charge in [0.15, 0.2) is 6.61 Å². The number of nitrogens with zero attached hydrogens (tertiary/aromatic N) is 1. The van der Waals surface area contributed by atoms with Crippen LogP contribution in [0.15, 0.2) is 77.9 Å². The van der Waals surface area contributed by atoms with E-state index in [0.717, 1.165) is 0 Å². The van der Waals surface area contributed by atoms with Crippen molar-refractivity contribution in [2.45, 2.75) is 0 Å². The normalized spacial score (nSPS) is 10.5. The lowest BCUT2D eigenvalue weighted by Crippen LogP contribution is -2.32. The van der Waals surface area contributed by atoms with Crippen LogP contribution in [0.1, 0.15) is 5.56 Å². The Morgan fingerprint density at radius 3 is 2.30 bits per heavy atom. The Hall–Kier alpha value is -4.24. The van der Waals surface area contributed by atoms with Crippen molar-refractivity contribution in [3.05, 3.63) is 89.2 Å². The molecule has 0 aliphatic carbocycles. The van der Waals surface area contributed by atoms with Crippen LogP contribution in [0, 0.1) is 5.82 Å². The molecule has 3 aromatic carbocycles. The van der Waals surface area contributed by atoms with Gasteiger partial charge < -0.3 is 15.4 Å². The lowest BCUT2D eigenvalue weighted by Gasteiger charge is -2.07. The number of hydrogen-bond donors (Lipinski definition) is 3. The molecule has 10 heteroatoms. The molecule has 0 radical (unpaired) electrons. The first-order valence-electron chi connectivity index (χ1n) is 9.58. The fourth-order valence-corrected chi connectivity index (χ4v) is 2.67. The van der Waals surface area contributed by atoms with E-state index in [9.17, 15) is 18.8 Å². The smallest absolute Gasteiger partial charge is 0.329 e. The Labute approximate surface area is 193 Å². The Morgan fingerprint density at radius 1 is 0.909 bits per heavy atom. The molecule has 3 amide bonds. The lowest BCUT2D eigenvalue weighted by atomic mass is 10.2. The van der Waals surface area contributed by atoms with Gasteiger partial charge in [-0.2, -0.15) is 5.10 Å². The molecule has 33 heavy (non-hydrogen) atoms. The maximum atomic E-state index is 12.9. The summed E-state index contributed by atoms with van der Waals surface area (Å²) in [4.78, 5) is 35.6. The van der Waals surface area contributed by atoms with Gasteiger partial charge in [0.2, 0.25) is 0 Å². The quantitative estimate of drug-likeness (QED) is 0.280. The fourth-order valence-electron chi connectivity index (χ4n) is 2.49. The zero-order chi connectivity index (χ0) is 23.6. The van der Waals surface area contributed by atoms with E-state index in [1.165, 1.54) is 30.5 Å². The third-order valence-electron chi connectivity index (χ3n) is 4.09. The van der Waals surface area contributed by atoms with E-state index in [2.05, 4.69) is 21.2 Å². The second kappa shape index (κ2) is 11.4. The first-order chi connectivity index (χ1) is 15.9. The second-order valence-electron chi connectivity index (χ2n) is 6.55. The van der Waals surface area contributed by atoms with Gasteiger partial charge in [-0.1, -0.05) is 23.7 Å². The van der Waals surface area contributed by atoms with Crippen molar-refractivity contribution < 1.29 is 23.5 Å². The Bertz CT molecular complexity index is 1170. The monoisotopic (exact) mass is 468 g/mol. The molecule has 0 saturated heterocycles. The first kappa shape index (κ1) is 23.4. The highest BCUT2D eigenvalue weighted by Crippen LogP contribution is 2.20. The van der Waals surface area contributed by atoms with Crippen molar-refractivity contribution in [2.24, 2.45) is 5.10 Å². The summed E-state index contributed by atoms with van der Waals surface area (Å²) in [5.41, 5.74) is 3.50. The summed E-state index contributed by atoms with van der Waals surface area (Å²) in [6.45, 7) is -0.235. The molecule has 0 saturated carbocycles. The van der Waals surface area contributed by atoms with E-state index in [-0.39, 0.29) is 6.61 Å². The number of ether oxygens (including phenoxy) is 1. The Morgan fingerprint density at radius 2 is 1.61 bits per heavy atom. The molecule has 0 aliphatic rings. The molecule has 168 valence electrons. The molecule has 0 aromatic heterocycles. The van der Waals surface area contributed by atoms with Gasteiger partial charge in [-0.15, -0.1) is 0 Å². The molecule has 8 nitrogen and oxygen atoms in total. The molecular weight excluding hydrogens is 451 g/mol. The van der Waals surface area contributed by atoms with Crippen LogP contribution < -0.4 is 20.8 Å². The maximum Gasteiger partial charge on any atom is 0.329 e. The zero-order valence-electron chi connectivity index (χ0n) is 17.0. The van der Waals surface area contributed by atoms with Gasteiger partial charge in [-0.25, -0.2) is 9.82 Å². The number of anilines is 2. The van der Waals surface area contributed by atoms with E-state index >= 15 is 0 Å². The van der Waals surface area contributed by atoms with Crippen molar-refractivity contribution in [3.63, 3.8) is 0 Å². The predicted octanol–water partition coefficient (Wildman–Crippen LogP) is 3.59. The van der Waals surface area contributed by atoms with E-state index in [1.54, 1.807) is 48.5 Å². The van der Waals surface area contributed by atoms with Gasteiger partial charge in [0, 0.05) is 5.69 Å². The molecule has 0 aliphatic heterocycles. The van der Waals surface area contributed by atoms with Crippen LogP contribution in [0.4, 0.5) is 15.8 Å². The number of benzene rings is 3. The van der Waals surface area contributed by atoms with Crippen molar-refractivity contribution in [1.82, 2.24) is 5.43 Å². The average molecular weight is 469 g/mol. The summed E-state index contributed by atoms with van der Waals surface area (Å²) in [5.74, 6) is -2.23. The minimum atomic E-state index is -0.960. The molecule has 0 spiro atoms. The van der Waals surface area contributed by atoms with Crippen molar-refractivity contribution in [2.75, 3.05) is 17.2 Å². The van der Waals surface area contributed by atoms with Crippen molar-refractivity contribution in [1.29, 1.82) is 0 Å². The van der Waals surface area contributed by atoms with Gasteiger partial charge in [0.25, 0.3) is 5.91 Å². The number of carbonyl (C=O) groups is 3. The summed E-state index contributed by atoms with van der Waals surface area (Å²) in [5, 5.41) is 9.01. The fraction of sp³-hybridized carbons (Fsp3) is 0.0435. The van der Waals surface area contributed by atoms with Gasteiger partial charge in [-0.05, 0) is 66.2 Å². The number of nitrogens with one attached hydrogen (secondary N) is 3. The van der Waals surface area contributed by atoms with Crippen LogP contribution in [0.25, 0.3) is 0 Å². The molecule has 3 aromatic rings. The third kappa shape index (κ3) is 7.44. The van der Waals surface area contributed by atoms with Crippen LogP contribution in [0.2, 0.25) is 5.02 Å².